The topological polar surface area (TPSA) is 61.0 Å². The van der Waals surface area contributed by atoms with Crippen LogP contribution in [0.1, 0.15) is 55.7 Å². The first kappa shape index (κ1) is 16.0. The quantitative estimate of drug-likeness (QED) is 0.758. The molecule has 2 rings (SSSR count). The molecule has 1 amide bonds. The second kappa shape index (κ2) is 8.17. The van der Waals surface area contributed by atoms with Gasteiger partial charge in [-0.3, -0.25) is 9.89 Å². The van der Waals surface area contributed by atoms with Crippen LogP contribution < -0.4 is 5.32 Å². The van der Waals surface area contributed by atoms with E-state index in [-0.39, 0.29) is 5.91 Å². The average Bonchev–Trinajstić information content (AvgIpc) is 2.98. The maximum absolute atomic E-state index is 11.9. The summed E-state index contributed by atoms with van der Waals surface area (Å²) in [5.41, 5.74) is 1.50. The lowest BCUT2D eigenvalue weighted by molar-refractivity contribution is 0.0947. The molecule has 5 nitrogen and oxygen atoms in total. The number of aromatic amines is 1. The Hall–Kier alpha value is -1.36. The number of hydrogen-bond donors (Lipinski definition) is 2. The molecule has 0 unspecified atom stereocenters. The van der Waals surface area contributed by atoms with E-state index in [0.29, 0.717) is 5.69 Å². The van der Waals surface area contributed by atoms with Crippen LogP contribution in [0.3, 0.4) is 0 Å². The second-order valence-corrected chi connectivity index (χ2v) is 6.12. The fourth-order valence-electron chi connectivity index (χ4n) is 2.70. The molecule has 1 aliphatic rings. The number of amides is 1. The lowest BCUT2D eigenvalue weighted by Crippen LogP contribution is -2.34. The first-order chi connectivity index (χ1) is 10.2. The van der Waals surface area contributed by atoms with Crippen LogP contribution in [0.15, 0.2) is 6.07 Å². The predicted molar refractivity (Wildman–Crippen MR) is 84.4 cm³/mol. The number of unbranched alkanes of at least 4 members (excludes halogenated alkanes) is 1. The Bertz CT molecular complexity index is 435. The first-order valence-corrected chi connectivity index (χ1v) is 8.24. The summed E-state index contributed by atoms with van der Waals surface area (Å²) in [7, 11) is 0. The fourth-order valence-corrected chi connectivity index (χ4v) is 2.70. The Morgan fingerprint density at radius 2 is 2.19 bits per heavy atom. The zero-order valence-electron chi connectivity index (χ0n) is 13.3. The van der Waals surface area contributed by atoms with Crippen LogP contribution in [0.4, 0.5) is 0 Å². The first-order valence-electron chi connectivity index (χ1n) is 8.24. The highest BCUT2D eigenvalue weighted by molar-refractivity contribution is 5.92. The molecule has 0 saturated carbocycles. The Morgan fingerprint density at radius 1 is 1.43 bits per heavy atom. The van der Waals surface area contributed by atoms with E-state index >= 15 is 0 Å². The van der Waals surface area contributed by atoms with Crippen LogP contribution in [-0.2, 0) is 6.42 Å². The molecule has 5 heteroatoms. The van der Waals surface area contributed by atoms with E-state index in [1.165, 1.54) is 25.9 Å². The third-order valence-electron chi connectivity index (χ3n) is 4.31. The number of piperidine rings is 1. The standard InChI is InChI=1S/C16H28N4O/c1-3-14-12-15(19-18-14)16(21)17-8-4-5-9-20-10-6-13(2)7-11-20/h12-13H,3-11H2,1-2H3,(H,17,21)(H,18,19). The van der Waals surface area contributed by atoms with Crippen molar-refractivity contribution in [1.29, 1.82) is 0 Å². The van der Waals surface area contributed by atoms with E-state index in [1.54, 1.807) is 0 Å². The number of rotatable bonds is 7. The molecule has 0 spiro atoms. The molecule has 1 fully saturated rings. The molecule has 2 heterocycles. The van der Waals surface area contributed by atoms with Crippen LogP contribution in [0.5, 0.6) is 0 Å². The smallest absolute Gasteiger partial charge is 0.271 e. The van der Waals surface area contributed by atoms with Crippen molar-refractivity contribution in [2.75, 3.05) is 26.2 Å². The van der Waals surface area contributed by atoms with Gasteiger partial charge in [-0.25, -0.2) is 0 Å². The van der Waals surface area contributed by atoms with Crippen molar-refractivity contribution in [3.05, 3.63) is 17.5 Å². The van der Waals surface area contributed by atoms with Gasteiger partial charge in [0.05, 0.1) is 0 Å². The molecule has 0 aliphatic carbocycles. The largest absolute Gasteiger partial charge is 0.351 e. The molecular formula is C16H28N4O. The highest BCUT2D eigenvalue weighted by Crippen LogP contribution is 2.16. The fraction of sp³-hybridized carbons (Fsp3) is 0.750. The van der Waals surface area contributed by atoms with Gasteiger partial charge in [0.1, 0.15) is 5.69 Å². The molecule has 1 aromatic rings. The monoisotopic (exact) mass is 292 g/mol. The maximum Gasteiger partial charge on any atom is 0.271 e. The highest BCUT2D eigenvalue weighted by Gasteiger charge is 2.14. The van der Waals surface area contributed by atoms with Crippen LogP contribution in [-0.4, -0.2) is 47.2 Å². The molecular weight excluding hydrogens is 264 g/mol. The molecule has 21 heavy (non-hydrogen) atoms. The lowest BCUT2D eigenvalue weighted by atomic mass is 9.99. The molecule has 2 N–H and O–H groups in total. The van der Waals surface area contributed by atoms with Crippen molar-refractivity contribution < 1.29 is 4.79 Å². The van der Waals surface area contributed by atoms with Gasteiger partial charge in [0.25, 0.3) is 5.91 Å². The Kier molecular flexibility index (Phi) is 6.23. The van der Waals surface area contributed by atoms with E-state index in [1.807, 2.05) is 13.0 Å². The molecule has 1 saturated heterocycles. The summed E-state index contributed by atoms with van der Waals surface area (Å²) in [6.07, 6.45) is 5.71. The van der Waals surface area contributed by atoms with Crippen LogP contribution >= 0.6 is 0 Å². The lowest BCUT2D eigenvalue weighted by Gasteiger charge is -2.30. The third kappa shape index (κ3) is 5.16. The van der Waals surface area contributed by atoms with E-state index < -0.39 is 0 Å². The Balaban J connectivity index is 1.56. The molecule has 1 aromatic heterocycles. The van der Waals surface area contributed by atoms with Gasteiger partial charge in [0.15, 0.2) is 0 Å². The van der Waals surface area contributed by atoms with Gasteiger partial charge in [-0.2, -0.15) is 5.10 Å². The Morgan fingerprint density at radius 3 is 2.86 bits per heavy atom. The minimum atomic E-state index is -0.0715. The summed E-state index contributed by atoms with van der Waals surface area (Å²) in [6.45, 7) is 8.74. The van der Waals surface area contributed by atoms with Gasteiger partial charge in [-0.05, 0) is 63.7 Å². The molecule has 0 bridgehead atoms. The number of carbonyl (C=O) groups excluding carboxylic acids is 1. The minimum absolute atomic E-state index is 0.0715. The number of likely N-dealkylation sites (tertiary alicyclic amines) is 1. The number of H-pyrrole nitrogens is 1. The normalized spacial score (nSPS) is 17.0. The number of aromatic nitrogens is 2. The van der Waals surface area contributed by atoms with Gasteiger partial charge in [-0.1, -0.05) is 13.8 Å². The summed E-state index contributed by atoms with van der Waals surface area (Å²) in [5, 5.41) is 9.83. The van der Waals surface area contributed by atoms with Crippen LogP contribution in [0, 0.1) is 5.92 Å². The van der Waals surface area contributed by atoms with Gasteiger partial charge >= 0.3 is 0 Å². The predicted octanol–water partition coefficient (Wildman–Crippen LogP) is 2.21. The van der Waals surface area contributed by atoms with Gasteiger partial charge in [0.2, 0.25) is 0 Å². The number of nitrogens with one attached hydrogen (secondary N) is 2. The van der Waals surface area contributed by atoms with Crippen molar-refractivity contribution >= 4 is 5.91 Å². The summed E-state index contributed by atoms with van der Waals surface area (Å²) in [5.74, 6) is 0.820. The minimum Gasteiger partial charge on any atom is -0.351 e. The van der Waals surface area contributed by atoms with E-state index in [2.05, 4.69) is 27.3 Å². The van der Waals surface area contributed by atoms with Gasteiger partial charge in [-0.15, -0.1) is 0 Å². The Labute approximate surface area is 127 Å². The third-order valence-corrected chi connectivity index (χ3v) is 4.31. The summed E-state index contributed by atoms with van der Waals surface area (Å²) in [4.78, 5) is 14.4. The van der Waals surface area contributed by atoms with Crippen molar-refractivity contribution in [2.24, 2.45) is 5.92 Å². The number of carbonyl (C=O) groups is 1. The zero-order valence-corrected chi connectivity index (χ0v) is 13.3. The van der Waals surface area contributed by atoms with Crippen molar-refractivity contribution in [3.63, 3.8) is 0 Å². The number of nitrogens with zero attached hydrogens (tertiary/aromatic N) is 2. The van der Waals surface area contributed by atoms with Gasteiger partial charge < -0.3 is 10.2 Å². The van der Waals surface area contributed by atoms with E-state index in [0.717, 1.165) is 44.0 Å². The SMILES string of the molecule is CCc1cc(C(=O)NCCCCN2CCC(C)CC2)n[nH]1. The van der Waals surface area contributed by atoms with Crippen molar-refractivity contribution in [3.8, 4) is 0 Å². The molecule has 0 aromatic carbocycles. The highest BCUT2D eigenvalue weighted by atomic mass is 16.1. The average molecular weight is 292 g/mol. The zero-order chi connectivity index (χ0) is 15.1. The van der Waals surface area contributed by atoms with Gasteiger partial charge in [0, 0.05) is 12.2 Å². The summed E-state index contributed by atoms with van der Waals surface area (Å²) in [6, 6.07) is 1.82. The molecule has 0 radical (unpaired) electrons. The van der Waals surface area contributed by atoms with E-state index in [4.69, 9.17) is 0 Å². The molecule has 0 atom stereocenters. The molecule has 118 valence electrons. The van der Waals surface area contributed by atoms with Crippen LogP contribution in [0.25, 0.3) is 0 Å². The summed E-state index contributed by atoms with van der Waals surface area (Å²) < 4.78 is 0. The maximum atomic E-state index is 11.9. The number of aryl methyl sites for hydroxylation is 1. The van der Waals surface area contributed by atoms with Crippen LogP contribution in [0.2, 0.25) is 0 Å². The number of hydrogen-bond acceptors (Lipinski definition) is 3. The second-order valence-electron chi connectivity index (χ2n) is 6.12. The van der Waals surface area contributed by atoms with E-state index in [9.17, 15) is 4.79 Å². The van der Waals surface area contributed by atoms with Crippen molar-refractivity contribution in [2.45, 2.75) is 46.0 Å². The summed E-state index contributed by atoms with van der Waals surface area (Å²) >= 11 is 0. The molecule has 1 aliphatic heterocycles. The van der Waals surface area contributed by atoms with Crippen molar-refractivity contribution in [1.82, 2.24) is 20.4 Å².